The standard InChI is InChI=1S/C20H20ClN5O2/c1-20(14-3-2-4-15(21)9-14)5-7-25(8-6-20)19(28)16-11-24-26-12-13(17(22)27)10-23-18(16)26/h2-4,9-12H,5-8H2,1H3,(H2,22,27). The Morgan fingerprint density at radius 2 is 1.96 bits per heavy atom. The Morgan fingerprint density at radius 3 is 2.64 bits per heavy atom. The van der Waals surface area contributed by atoms with Crippen LogP contribution in [0.3, 0.4) is 0 Å². The molecule has 1 saturated heterocycles. The van der Waals surface area contributed by atoms with Crippen LogP contribution in [0.2, 0.25) is 5.02 Å². The maximum atomic E-state index is 13.0. The number of halogens is 1. The molecule has 1 aromatic carbocycles. The van der Waals surface area contributed by atoms with E-state index in [1.807, 2.05) is 23.1 Å². The number of amides is 2. The van der Waals surface area contributed by atoms with E-state index in [9.17, 15) is 9.59 Å². The third-order valence-corrected chi connectivity index (χ3v) is 5.78. The number of carbonyl (C=O) groups is 2. The Hall–Kier alpha value is -2.93. The molecule has 8 heteroatoms. The summed E-state index contributed by atoms with van der Waals surface area (Å²) in [4.78, 5) is 30.3. The van der Waals surface area contributed by atoms with Gasteiger partial charge in [-0.15, -0.1) is 0 Å². The molecule has 28 heavy (non-hydrogen) atoms. The Labute approximate surface area is 167 Å². The number of primary amides is 1. The van der Waals surface area contributed by atoms with E-state index >= 15 is 0 Å². The maximum Gasteiger partial charge on any atom is 0.259 e. The fourth-order valence-corrected chi connectivity index (χ4v) is 3.87. The fourth-order valence-electron chi connectivity index (χ4n) is 3.68. The van der Waals surface area contributed by atoms with Crippen molar-refractivity contribution in [3.63, 3.8) is 0 Å². The molecule has 0 unspecified atom stereocenters. The summed E-state index contributed by atoms with van der Waals surface area (Å²) in [5.41, 5.74) is 7.52. The number of benzene rings is 1. The molecule has 0 aliphatic carbocycles. The highest BCUT2D eigenvalue weighted by Crippen LogP contribution is 2.36. The number of nitrogens with two attached hydrogens (primary N) is 1. The number of hydrogen-bond donors (Lipinski definition) is 1. The van der Waals surface area contributed by atoms with Crippen molar-refractivity contribution in [3.8, 4) is 0 Å². The first-order valence-electron chi connectivity index (χ1n) is 9.06. The van der Waals surface area contributed by atoms with Gasteiger partial charge in [-0.3, -0.25) is 9.59 Å². The number of nitrogens with zero attached hydrogens (tertiary/aromatic N) is 4. The van der Waals surface area contributed by atoms with E-state index in [1.54, 1.807) is 0 Å². The van der Waals surface area contributed by atoms with Crippen molar-refractivity contribution in [3.05, 3.63) is 64.6 Å². The van der Waals surface area contributed by atoms with Crippen molar-refractivity contribution in [2.75, 3.05) is 13.1 Å². The molecular weight excluding hydrogens is 378 g/mol. The topological polar surface area (TPSA) is 93.6 Å². The monoisotopic (exact) mass is 397 g/mol. The Bertz CT molecular complexity index is 1070. The summed E-state index contributed by atoms with van der Waals surface area (Å²) < 4.78 is 1.41. The summed E-state index contributed by atoms with van der Waals surface area (Å²) >= 11 is 6.15. The van der Waals surface area contributed by atoms with E-state index in [1.165, 1.54) is 28.7 Å². The lowest BCUT2D eigenvalue weighted by Crippen LogP contribution is -2.44. The smallest absolute Gasteiger partial charge is 0.259 e. The second-order valence-electron chi connectivity index (χ2n) is 7.40. The van der Waals surface area contributed by atoms with Gasteiger partial charge in [-0.05, 0) is 36.0 Å². The Morgan fingerprint density at radius 1 is 1.21 bits per heavy atom. The molecule has 0 radical (unpaired) electrons. The van der Waals surface area contributed by atoms with Crippen molar-refractivity contribution in [2.24, 2.45) is 5.73 Å². The number of carbonyl (C=O) groups excluding carboxylic acids is 2. The van der Waals surface area contributed by atoms with Crippen LogP contribution in [-0.2, 0) is 5.41 Å². The molecule has 144 valence electrons. The predicted octanol–water partition coefficient (Wildman–Crippen LogP) is 2.68. The van der Waals surface area contributed by atoms with E-state index in [0.29, 0.717) is 24.3 Å². The van der Waals surface area contributed by atoms with Gasteiger partial charge in [0.15, 0.2) is 5.65 Å². The molecular formula is C20H20ClN5O2. The third-order valence-electron chi connectivity index (χ3n) is 5.55. The van der Waals surface area contributed by atoms with Crippen molar-refractivity contribution in [2.45, 2.75) is 25.2 Å². The third kappa shape index (κ3) is 3.22. The zero-order chi connectivity index (χ0) is 19.9. The van der Waals surface area contributed by atoms with Crippen LogP contribution in [0, 0.1) is 0 Å². The first kappa shape index (κ1) is 18.4. The maximum absolute atomic E-state index is 13.0. The molecule has 4 rings (SSSR count). The van der Waals surface area contributed by atoms with Gasteiger partial charge in [0.2, 0.25) is 0 Å². The average molecular weight is 398 g/mol. The molecule has 2 aromatic heterocycles. The second kappa shape index (κ2) is 6.91. The number of piperidine rings is 1. The van der Waals surface area contributed by atoms with Gasteiger partial charge in [-0.25, -0.2) is 9.50 Å². The molecule has 2 amide bonds. The van der Waals surface area contributed by atoms with E-state index in [4.69, 9.17) is 17.3 Å². The lowest BCUT2D eigenvalue weighted by molar-refractivity contribution is 0.0677. The number of rotatable bonds is 3. The van der Waals surface area contributed by atoms with Gasteiger partial charge in [0.25, 0.3) is 11.8 Å². The molecule has 0 saturated carbocycles. The van der Waals surface area contributed by atoms with Gasteiger partial charge in [0, 0.05) is 30.5 Å². The zero-order valence-corrected chi connectivity index (χ0v) is 16.2. The number of hydrogen-bond acceptors (Lipinski definition) is 4. The van der Waals surface area contributed by atoms with E-state index in [0.717, 1.165) is 17.9 Å². The summed E-state index contributed by atoms with van der Waals surface area (Å²) in [5, 5.41) is 4.87. The molecule has 1 fully saturated rings. The van der Waals surface area contributed by atoms with Crippen LogP contribution in [0.15, 0.2) is 42.9 Å². The van der Waals surface area contributed by atoms with Crippen LogP contribution >= 0.6 is 11.6 Å². The van der Waals surface area contributed by atoms with Crippen molar-refractivity contribution in [1.29, 1.82) is 0 Å². The van der Waals surface area contributed by atoms with Crippen molar-refractivity contribution in [1.82, 2.24) is 19.5 Å². The van der Waals surface area contributed by atoms with Crippen LogP contribution in [0.5, 0.6) is 0 Å². The predicted molar refractivity (Wildman–Crippen MR) is 105 cm³/mol. The van der Waals surface area contributed by atoms with Gasteiger partial charge in [0.1, 0.15) is 5.56 Å². The molecule has 3 heterocycles. The van der Waals surface area contributed by atoms with Gasteiger partial charge >= 0.3 is 0 Å². The minimum absolute atomic E-state index is 0.0165. The molecule has 3 aromatic rings. The normalized spacial score (nSPS) is 16.3. The zero-order valence-electron chi connectivity index (χ0n) is 15.4. The first-order valence-corrected chi connectivity index (χ1v) is 9.44. The average Bonchev–Trinajstić information content (AvgIpc) is 3.11. The van der Waals surface area contributed by atoms with Gasteiger partial charge < -0.3 is 10.6 Å². The quantitative estimate of drug-likeness (QED) is 0.735. The Kier molecular flexibility index (Phi) is 4.55. The Balaban J connectivity index is 1.53. The van der Waals surface area contributed by atoms with Crippen LogP contribution in [0.25, 0.3) is 5.65 Å². The molecule has 1 aliphatic heterocycles. The highest BCUT2D eigenvalue weighted by atomic mass is 35.5. The fraction of sp³-hybridized carbons (Fsp3) is 0.300. The molecule has 2 N–H and O–H groups in total. The first-order chi connectivity index (χ1) is 13.4. The summed E-state index contributed by atoms with van der Waals surface area (Å²) in [6, 6.07) is 7.93. The van der Waals surface area contributed by atoms with Gasteiger partial charge in [-0.1, -0.05) is 30.7 Å². The van der Waals surface area contributed by atoms with Crippen molar-refractivity contribution >= 4 is 29.1 Å². The van der Waals surface area contributed by atoms with E-state index in [2.05, 4.69) is 23.1 Å². The summed E-state index contributed by atoms with van der Waals surface area (Å²) in [6.45, 7) is 3.49. The largest absolute Gasteiger partial charge is 0.366 e. The minimum atomic E-state index is -0.589. The summed E-state index contributed by atoms with van der Waals surface area (Å²) in [6.07, 6.45) is 6.02. The molecule has 1 aliphatic rings. The van der Waals surface area contributed by atoms with Crippen LogP contribution in [-0.4, -0.2) is 44.4 Å². The lowest BCUT2D eigenvalue weighted by atomic mass is 9.74. The minimum Gasteiger partial charge on any atom is -0.366 e. The highest BCUT2D eigenvalue weighted by Gasteiger charge is 2.34. The number of fused-ring (bicyclic) bond motifs is 1. The number of likely N-dealkylation sites (tertiary alicyclic amines) is 1. The van der Waals surface area contributed by atoms with Crippen LogP contribution in [0.4, 0.5) is 0 Å². The molecule has 0 atom stereocenters. The van der Waals surface area contributed by atoms with Gasteiger partial charge in [-0.2, -0.15) is 5.10 Å². The molecule has 7 nitrogen and oxygen atoms in total. The number of aromatic nitrogens is 3. The van der Waals surface area contributed by atoms with E-state index < -0.39 is 5.91 Å². The van der Waals surface area contributed by atoms with Crippen LogP contribution in [0.1, 0.15) is 46.0 Å². The second-order valence-corrected chi connectivity index (χ2v) is 7.83. The lowest BCUT2D eigenvalue weighted by Gasteiger charge is -2.39. The summed E-state index contributed by atoms with van der Waals surface area (Å²) in [7, 11) is 0. The van der Waals surface area contributed by atoms with Crippen molar-refractivity contribution < 1.29 is 9.59 Å². The molecule has 0 bridgehead atoms. The van der Waals surface area contributed by atoms with E-state index in [-0.39, 0.29) is 16.9 Å². The van der Waals surface area contributed by atoms with Gasteiger partial charge in [0.05, 0.1) is 11.8 Å². The SMILES string of the molecule is CC1(c2cccc(Cl)c2)CCN(C(=O)c2cnn3cc(C(N)=O)cnc23)CC1. The highest BCUT2D eigenvalue weighted by molar-refractivity contribution is 6.30. The van der Waals surface area contributed by atoms with Crippen LogP contribution < -0.4 is 5.73 Å². The summed E-state index contributed by atoms with van der Waals surface area (Å²) in [5.74, 6) is -0.698. The molecule has 0 spiro atoms.